The molecular weight excluding hydrogens is 452 g/mol. The van der Waals surface area contributed by atoms with Crippen LogP contribution in [-0.2, 0) is 10.0 Å². The number of amides is 1. The van der Waals surface area contributed by atoms with Crippen LogP contribution in [0.25, 0.3) is 0 Å². The topological polar surface area (TPSA) is 126 Å². The third-order valence-corrected chi connectivity index (χ3v) is 6.06. The molecule has 3 N–H and O–H groups in total. The number of hydrogen-bond acceptors (Lipinski definition) is 7. The van der Waals surface area contributed by atoms with E-state index in [0.717, 1.165) is 11.4 Å². The van der Waals surface area contributed by atoms with Crippen molar-refractivity contribution in [2.75, 3.05) is 15.4 Å². The molecule has 172 valence electrons. The predicted octanol–water partition coefficient (Wildman–Crippen LogP) is 4.29. The van der Waals surface area contributed by atoms with Crippen LogP contribution in [0.2, 0.25) is 0 Å². The molecule has 0 atom stereocenters. The summed E-state index contributed by atoms with van der Waals surface area (Å²) in [5.41, 5.74) is 3.22. The van der Waals surface area contributed by atoms with Gasteiger partial charge in [-0.3, -0.25) is 9.52 Å². The number of nitrogens with zero attached hydrogens (tertiary/aromatic N) is 3. The normalized spacial score (nSPS) is 11.0. The van der Waals surface area contributed by atoms with Gasteiger partial charge in [-0.25, -0.2) is 23.4 Å². The van der Waals surface area contributed by atoms with Gasteiger partial charge in [-0.05, 0) is 74.5 Å². The maximum Gasteiger partial charge on any atom is 0.263 e. The number of benzene rings is 2. The zero-order chi connectivity index (χ0) is 24.1. The Balaban J connectivity index is 1.44. The number of hydrogen-bond donors (Lipinski definition) is 3. The molecule has 2 heterocycles. The number of anilines is 4. The van der Waals surface area contributed by atoms with Crippen molar-refractivity contribution >= 4 is 39.1 Å². The van der Waals surface area contributed by atoms with Gasteiger partial charge < -0.3 is 10.6 Å². The third-order valence-electron chi connectivity index (χ3n) is 4.69. The Bertz CT molecular complexity index is 1400. The Morgan fingerprint density at radius 1 is 0.824 bits per heavy atom. The second-order valence-corrected chi connectivity index (χ2v) is 9.16. The third kappa shape index (κ3) is 5.73. The second-order valence-electron chi connectivity index (χ2n) is 7.48. The molecule has 2 aromatic heterocycles. The molecule has 0 bridgehead atoms. The number of pyridine rings is 1. The Hall–Kier alpha value is -4.31. The Labute approximate surface area is 197 Å². The molecule has 0 radical (unpaired) electrons. The molecule has 0 unspecified atom stereocenters. The summed E-state index contributed by atoms with van der Waals surface area (Å²) in [7, 11) is -3.80. The summed E-state index contributed by atoms with van der Waals surface area (Å²) >= 11 is 0. The lowest BCUT2D eigenvalue weighted by molar-refractivity contribution is 0.102. The van der Waals surface area contributed by atoms with Crippen molar-refractivity contribution < 1.29 is 13.2 Å². The molecule has 0 aliphatic rings. The van der Waals surface area contributed by atoms with E-state index >= 15 is 0 Å². The average Bonchev–Trinajstić information content (AvgIpc) is 2.79. The minimum absolute atomic E-state index is 0.0517. The first kappa shape index (κ1) is 22.9. The van der Waals surface area contributed by atoms with Crippen molar-refractivity contribution in [3.05, 3.63) is 95.9 Å². The summed E-state index contributed by atoms with van der Waals surface area (Å²) in [4.78, 5) is 25.4. The van der Waals surface area contributed by atoms with E-state index in [0.29, 0.717) is 22.9 Å². The molecule has 9 nitrogen and oxygen atoms in total. The van der Waals surface area contributed by atoms with Gasteiger partial charge in [-0.15, -0.1) is 0 Å². The standard InChI is InChI=1S/C24H22N6O3S/c1-16-14-17(2)27-24(26-16)29-20-7-5-6-18(15-20)23(31)28-19-9-11-21(12-10-19)34(32,33)30-22-8-3-4-13-25-22/h3-15H,1-2H3,(H,25,30)(H,28,31)(H,26,27,29). The molecule has 0 spiro atoms. The molecule has 34 heavy (non-hydrogen) atoms. The summed E-state index contributed by atoms with van der Waals surface area (Å²) in [5, 5.41) is 5.88. The van der Waals surface area contributed by atoms with Crippen LogP contribution in [0.4, 0.5) is 23.1 Å². The van der Waals surface area contributed by atoms with E-state index in [2.05, 4.69) is 30.3 Å². The van der Waals surface area contributed by atoms with Gasteiger partial charge >= 0.3 is 0 Å². The highest BCUT2D eigenvalue weighted by Gasteiger charge is 2.15. The van der Waals surface area contributed by atoms with E-state index in [4.69, 9.17) is 0 Å². The minimum atomic E-state index is -3.80. The first-order valence-electron chi connectivity index (χ1n) is 10.3. The van der Waals surface area contributed by atoms with E-state index < -0.39 is 10.0 Å². The highest BCUT2D eigenvalue weighted by atomic mass is 32.2. The molecule has 0 aliphatic heterocycles. The van der Waals surface area contributed by atoms with E-state index in [-0.39, 0.29) is 16.6 Å². The van der Waals surface area contributed by atoms with Gasteiger partial charge in [0.2, 0.25) is 5.95 Å². The van der Waals surface area contributed by atoms with Gasteiger partial charge in [0.1, 0.15) is 5.82 Å². The van der Waals surface area contributed by atoms with Gasteiger partial charge in [-0.2, -0.15) is 0 Å². The molecule has 0 saturated heterocycles. The summed E-state index contributed by atoms with van der Waals surface area (Å²) in [6.45, 7) is 3.77. The quantitative estimate of drug-likeness (QED) is 0.365. The maximum absolute atomic E-state index is 12.7. The maximum atomic E-state index is 12.7. The lowest BCUT2D eigenvalue weighted by atomic mass is 10.2. The highest BCUT2D eigenvalue weighted by molar-refractivity contribution is 7.92. The minimum Gasteiger partial charge on any atom is -0.324 e. The van der Waals surface area contributed by atoms with Gasteiger partial charge in [0.05, 0.1) is 4.90 Å². The smallest absolute Gasteiger partial charge is 0.263 e. The predicted molar refractivity (Wildman–Crippen MR) is 131 cm³/mol. The Morgan fingerprint density at radius 2 is 1.56 bits per heavy atom. The van der Waals surface area contributed by atoms with Crippen LogP contribution < -0.4 is 15.4 Å². The number of nitrogens with one attached hydrogen (secondary N) is 3. The summed E-state index contributed by atoms with van der Waals surface area (Å²) in [5.74, 6) is 0.331. The van der Waals surface area contributed by atoms with Crippen LogP contribution in [0, 0.1) is 13.8 Å². The van der Waals surface area contributed by atoms with Crippen molar-refractivity contribution in [1.29, 1.82) is 0 Å². The molecule has 4 rings (SSSR count). The van der Waals surface area contributed by atoms with Crippen molar-refractivity contribution in [3.63, 3.8) is 0 Å². The van der Waals surface area contributed by atoms with Crippen molar-refractivity contribution in [3.8, 4) is 0 Å². The first-order valence-corrected chi connectivity index (χ1v) is 11.8. The molecule has 1 amide bonds. The van der Waals surface area contributed by atoms with Crippen LogP contribution >= 0.6 is 0 Å². The number of rotatable bonds is 7. The van der Waals surface area contributed by atoms with Crippen molar-refractivity contribution in [2.45, 2.75) is 18.7 Å². The molecule has 0 aliphatic carbocycles. The van der Waals surface area contributed by atoms with Gasteiger partial charge in [0.25, 0.3) is 15.9 Å². The molecule has 10 heteroatoms. The fraction of sp³-hybridized carbons (Fsp3) is 0.0833. The Kier molecular flexibility index (Phi) is 6.51. The summed E-state index contributed by atoms with van der Waals surface area (Å²) < 4.78 is 27.5. The van der Waals surface area contributed by atoms with Gasteiger partial charge in [0.15, 0.2) is 0 Å². The van der Waals surface area contributed by atoms with Gasteiger partial charge in [-0.1, -0.05) is 12.1 Å². The van der Waals surface area contributed by atoms with Crippen molar-refractivity contribution in [2.24, 2.45) is 0 Å². The highest BCUT2D eigenvalue weighted by Crippen LogP contribution is 2.19. The zero-order valence-electron chi connectivity index (χ0n) is 18.5. The lowest BCUT2D eigenvalue weighted by Gasteiger charge is -2.10. The molecule has 0 fully saturated rings. The molecule has 4 aromatic rings. The molecule has 0 saturated carbocycles. The average molecular weight is 475 g/mol. The number of aryl methyl sites for hydroxylation is 2. The SMILES string of the molecule is Cc1cc(C)nc(Nc2cccc(C(=O)Nc3ccc(S(=O)(=O)Nc4ccccn4)cc3)c2)n1. The fourth-order valence-corrected chi connectivity index (χ4v) is 4.20. The van der Waals surface area contributed by atoms with Crippen LogP contribution in [-0.4, -0.2) is 29.3 Å². The number of aromatic nitrogens is 3. The van der Waals surface area contributed by atoms with E-state index in [1.54, 1.807) is 36.4 Å². The monoisotopic (exact) mass is 474 g/mol. The van der Waals surface area contributed by atoms with Crippen LogP contribution in [0.15, 0.2) is 83.9 Å². The number of carbonyl (C=O) groups excluding carboxylic acids is 1. The van der Waals surface area contributed by atoms with E-state index in [1.807, 2.05) is 26.0 Å². The molecule has 2 aromatic carbocycles. The molecular formula is C24H22N6O3S. The zero-order valence-corrected chi connectivity index (χ0v) is 19.3. The number of sulfonamides is 1. The summed E-state index contributed by atoms with van der Waals surface area (Å²) in [6, 6.07) is 19.6. The Morgan fingerprint density at radius 3 is 2.24 bits per heavy atom. The second kappa shape index (κ2) is 9.67. The van der Waals surface area contributed by atoms with Crippen LogP contribution in [0.3, 0.4) is 0 Å². The van der Waals surface area contributed by atoms with Gasteiger partial charge in [0, 0.05) is 34.5 Å². The van der Waals surface area contributed by atoms with E-state index in [9.17, 15) is 13.2 Å². The largest absolute Gasteiger partial charge is 0.324 e. The first-order chi connectivity index (χ1) is 16.3. The lowest BCUT2D eigenvalue weighted by Crippen LogP contribution is -2.15. The fourth-order valence-electron chi connectivity index (χ4n) is 3.19. The summed E-state index contributed by atoms with van der Waals surface area (Å²) in [6.07, 6.45) is 1.50. The van der Waals surface area contributed by atoms with Crippen molar-refractivity contribution in [1.82, 2.24) is 15.0 Å². The number of carbonyl (C=O) groups is 1. The van der Waals surface area contributed by atoms with Crippen LogP contribution in [0.5, 0.6) is 0 Å². The van der Waals surface area contributed by atoms with Crippen LogP contribution in [0.1, 0.15) is 21.7 Å². The van der Waals surface area contributed by atoms with E-state index in [1.165, 1.54) is 30.5 Å².